The number of hydrogen-bond acceptors (Lipinski definition) is 3. The number of halogens is 1. The third-order valence-corrected chi connectivity index (χ3v) is 3.29. The summed E-state index contributed by atoms with van der Waals surface area (Å²) in [6, 6.07) is 7.51. The first kappa shape index (κ1) is 16.9. The lowest BCUT2D eigenvalue weighted by Crippen LogP contribution is -2.19. The van der Waals surface area contributed by atoms with E-state index in [9.17, 15) is 18.8 Å². The molecule has 0 radical (unpaired) electrons. The molecule has 8 heteroatoms. The number of anilines is 2. The van der Waals surface area contributed by atoms with E-state index in [2.05, 4.69) is 10.6 Å². The lowest BCUT2D eigenvalue weighted by molar-refractivity contribution is 0.0995. The molecule has 0 unspecified atom stereocenters. The summed E-state index contributed by atoms with van der Waals surface area (Å²) in [7, 11) is 0. The number of rotatable bonds is 4. The third-order valence-electron chi connectivity index (χ3n) is 3.29. The molecule has 0 aliphatic heterocycles. The molecule has 0 aliphatic rings. The van der Waals surface area contributed by atoms with Crippen molar-refractivity contribution < 1.29 is 18.8 Å². The first-order valence-electron chi connectivity index (χ1n) is 6.85. The molecule has 0 fully saturated rings. The highest BCUT2D eigenvalue weighted by atomic mass is 19.1. The molecule has 124 valence electrons. The molecule has 7 nitrogen and oxygen atoms in total. The van der Waals surface area contributed by atoms with Gasteiger partial charge in [0.1, 0.15) is 5.82 Å². The molecule has 24 heavy (non-hydrogen) atoms. The Hall–Kier alpha value is -3.42. The number of carbonyl (C=O) groups excluding carboxylic acids is 3. The number of benzene rings is 2. The minimum atomic E-state index is -0.800. The van der Waals surface area contributed by atoms with Crippen LogP contribution in [0.25, 0.3) is 0 Å². The highest BCUT2D eigenvalue weighted by molar-refractivity contribution is 6.05. The van der Waals surface area contributed by atoms with Crippen molar-refractivity contribution in [2.24, 2.45) is 11.5 Å². The molecular formula is C16H15FN4O3. The topological polar surface area (TPSA) is 127 Å². The first-order chi connectivity index (χ1) is 11.3. The molecule has 0 aromatic heterocycles. The average Bonchev–Trinajstić information content (AvgIpc) is 2.51. The second-order valence-electron chi connectivity index (χ2n) is 5.02. The highest BCUT2D eigenvalue weighted by Gasteiger charge is 2.14. The van der Waals surface area contributed by atoms with E-state index < -0.39 is 23.7 Å². The second kappa shape index (κ2) is 6.78. The summed E-state index contributed by atoms with van der Waals surface area (Å²) in [6.07, 6.45) is 0. The smallest absolute Gasteiger partial charge is 0.316 e. The molecular weight excluding hydrogens is 315 g/mol. The number of hydrogen-bond donors (Lipinski definition) is 4. The molecule has 4 amide bonds. The number of urea groups is 1. The summed E-state index contributed by atoms with van der Waals surface area (Å²) in [4.78, 5) is 34.2. The molecule has 2 aromatic rings. The van der Waals surface area contributed by atoms with E-state index >= 15 is 0 Å². The summed E-state index contributed by atoms with van der Waals surface area (Å²) in [5.74, 6) is -1.96. The molecule has 2 aromatic carbocycles. The van der Waals surface area contributed by atoms with Crippen molar-refractivity contribution in [2.75, 3.05) is 10.6 Å². The zero-order valence-electron chi connectivity index (χ0n) is 12.7. The van der Waals surface area contributed by atoms with Crippen LogP contribution in [0.3, 0.4) is 0 Å². The quantitative estimate of drug-likeness (QED) is 0.684. The van der Waals surface area contributed by atoms with Crippen LogP contribution in [0.5, 0.6) is 0 Å². The Morgan fingerprint density at radius 3 is 2.12 bits per heavy atom. The van der Waals surface area contributed by atoms with Crippen LogP contribution in [-0.4, -0.2) is 17.8 Å². The Labute approximate surface area is 136 Å². The maximum atomic E-state index is 13.8. The minimum Gasteiger partial charge on any atom is -0.366 e. The molecule has 6 N–H and O–H groups in total. The van der Waals surface area contributed by atoms with Crippen molar-refractivity contribution in [3.8, 4) is 0 Å². The van der Waals surface area contributed by atoms with E-state index in [0.717, 1.165) is 6.07 Å². The molecule has 0 heterocycles. The van der Waals surface area contributed by atoms with Gasteiger partial charge in [-0.1, -0.05) is 0 Å². The predicted molar refractivity (Wildman–Crippen MR) is 87.3 cm³/mol. The number of nitrogens with two attached hydrogens (primary N) is 2. The molecule has 0 atom stereocenters. The van der Waals surface area contributed by atoms with Crippen LogP contribution in [0.1, 0.15) is 26.3 Å². The summed E-state index contributed by atoms with van der Waals surface area (Å²) in [5.41, 5.74) is 11.1. The zero-order valence-corrected chi connectivity index (χ0v) is 12.7. The van der Waals surface area contributed by atoms with Crippen molar-refractivity contribution >= 4 is 29.2 Å². The van der Waals surface area contributed by atoms with Gasteiger partial charge in [-0.3, -0.25) is 9.59 Å². The Balaban J connectivity index is 2.23. The number of carbonyl (C=O) groups is 3. The van der Waals surface area contributed by atoms with Crippen LogP contribution in [0.15, 0.2) is 36.4 Å². The van der Waals surface area contributed by atoms with Crippen molar-refractivity contribution in [1.29, 1.82) is 0 Å². The number of primary amides is 2. The monoisotopic (exact) mass is 330 g/mol. The van der Waals surface area contributed by atoms with E-state index in [0.29, 0.717) is 5.69 Å². The Bertz CT molecular complexity index is 819. The fraction of sp³-hybridized carbons (Fsp3) is 0.0625. The fourth-order valence-corrected chi connectivity index (χ4v) is 1.99. The van der Waals surface area contributed by atoms with Crippen molar-refractivity contribution in [1.82, 2.24) is 0 Å². The van der Waals surface area contributed by atoms with E-state index in [1.807, 2.05) is 0 Å². The van der Waals surface area contributed by atoms with Gasteiger partial charge in [0.05, 0.1) is 0 Å². The van der Waals surface area contributed by atoms with Gasteiger partial charge in [-0.2, -0.15) is 0 Å². The number of nitrogens with one attached hydrogen (secondary N) is 2. The van der Waals surface area contributed by atoms with Crippen molar-refractivity contribution in [2.45, 2.75) is 6.92 Å². The molecule has 0 saturated heterocycles. The van der Waals surface area contributed by atoms with Crippen LogP contribution in [0.4, 0.5) is 20.6 Å². The van der Waals surface area contributed by atoms with Crippen LogP contribution in [0.2, 0.25) is 0 Å². The van der Waals surface area contributed by atoms with Gasteiger partial charge in [-0.05, 0) is 43.3 Å². The first-order valence-corrected chi connectivity index (χ1v) is 6.85. The van der Waals surface area contributed by atoms with Gasteiger partial charge in [-0.25, -0.2) is 9.18 Å². The maximum absolute atomic E-state index is 13.8. The van der Waals surface area contributed by atoms with E-state index in [-0.39, 0.29) is 22.4 Å². The fourth-order valence-electron chi connectivity index (χ4n) is 1.99. The Kier molecular flexibility index (Phi) is 4.78. The van der Waals surface area contributed by atoms with E-state index in [1.54, 1.807) is 0 Å². The highest BCUT2D eigenvalue weighted by Crippen LogP contribution is 2.21. The lowest BCUT2D eigenvalue weighted by atomic mass is 10.1. The van der Waals surface area contributed by atoms with Gasteiger partial charge in [0.25, 0.3) is 5.91 Å². The minimum absolute atomic E-state index is 0.0468. The Morgan fingerprint density at radius 1 is 0.958 bits per heavy atom. The molecule has 0 saturated carbocycles. The van der Waals surface area contributed by atoms with Gasteiger partial charge in [-0.15, -0.1) is 0 Å². The van der Waals surface area contributed by atoms with Crippen LogP contribution in [0, 0.1) is 12.7 Å². The van der Waals surface area contributed by atoms with Gasteiger partial charge in [0.15, 0.2) is 0 Å². The summed E-state index contributed by atoms with van der Waals surface area (Å²) >= 11 is 0. The van der Waals surface area contributed by atoms with E-state index in [1.165, 1.54) is 37.3 Å². The lowest BCUT2D eigenvalue weighted by Gasteiger charge is -2.11. The largest absolute Gasteiger partial charge is 0.366 e. The maximum Gasteiger partial charge on any atom is 0.316 e. The molecule has 2 rings (SSSR count). The molecule has 0 bridgehead atoms. The molecule has 0 aliphatic carbocycles. The van der Waals surface area contributed by atoms with Crippen molar-refractivity contribution in [3.63, 3.8) is 0 Å². The predicted octanol–water partition coefficient (Wildman–Crippen LogP) is 1.98. The molecule has 0 spiro atoms. The summed E-state index contributed by atoms with van der Waals surface area (Å²) in [5, 5.41) is 4.89. The van der Waals surface area contributed by atoms with Crippen LogP contribution >= 0.6 is 0 Å². The standard InChI is InChI=1S/C16H15FN4O3/c1-8-12(17)6-10(14(18)22)7-13(8)21-15(23)9-2-4-11(5-3-9)20-16(19)24/h2-7H,1H3,(H2,18,22)(H,21,23)(H3,19,20,24). The van der Waals surface area contributed by atoms with Crippen LogP contribution in [-0.2, 0) is 0 Å². The van der Waals surface area contributed by atoms with Gasteiger partial charge < -0.3 is 22.1 Å². The van der Waals surface area contributed by atoms with E-state index in [4.69, 9.17) is 11.5 Å². The van der Waals surface area contributed by atoms with Crippen LogP contribution < -0.4 is 22.1 Å². The zero-order chi connectivity index (χ0) is 17.9. The van der Waals surface area contributed by atoms with Crippen molar-refractivity contribution in [3.05, 3.63) is 58.9 Å². The normalized spacial score (nSPS) is 10.1. The number of amides is 4. The Morgan fingerprint density at radius 2 is 1.58 bits per heavy atom. The third kappa shape index (κ3) is 3.86. The second-order valence-corrected chi connectivity index (χ2v) is 5.02. The summed E-state index contributed by atoms with van der Waals surface area (Å²) < 4.78 is 13.8. The van der Waals surface area contributed by atoms with Gasteiger partial charge >= 0.3 is 6.03 Å². The average molecular weight is 330 g/mol. The summed E-state index contributed by atoms with van der Waals surface area (Å²) in [6.45, 7) is 1.47. The SMILES string of the molecule is Cc1c(F)cc(C(N)=O)cc1NC(=O)c1ccc(NC(N)=O)cc1. The van der Waals surface area contributed by atoms with Gasteiger partial charge in [0.2, 0.25) is 5.91 Å². The van der Waals surface area contributed by atoms with Gasteiger partial charge in [0, 0.05) is 28.1 Å².